The summed E-state index contributed by atoms with van der Waals surface area (Å²) in [7, 11) is 0. The van der Waals surface area contributed by atoms with Gasteiger partial charge in [-0.3, -0.25) is 19.7 Å². The largest absolute Gasteiger partial charge is 0.467 e. The van der Waals surface area contributed by atoms with Gasteiger partial charge in [-0.25, -0.2) is 4.79 Å². The fraction of sp³-hybridized carbons (Fsp3) is 0.263. The number of para-hydroxylation sites is 1. The number of ether oxygens (including phenoxy) is 1. The molecular formula is C19H19N3O6. The summed E-state index contributed by atoms with van der Waals surface area (Å²) in [5.41, 5.74) is 0.519. The molecule has 4 amide bonds. The SMILES string of the molecule is O=C(COC(=O)[C@@H]1CC(=O)N(Cc2ccco2)C1)NC(=O)Nc1ccccc1. The first-order valence-corrected chi connectivity index (χ1v) is 8.64. The third-order valence-electron chi connectivity index (χ3n) is 4.10. The average Bonchev–Trinajstić information content (AvgIpc) is 3.31. The van der Waals surface area contributed by atoms with Crippen molar-refractivity contribution in [2.75, 3.05) is 18.5 Å². The van der Waals surface area contributed by atoms with E-state index >= 15 is 0 Å². The Hall–Kier alpha value is -3.62. The monoisotopic (exact) mass is 385 g/mol. The van der Waals surface area contributed by atoms with Crippen molar-refractivity contribution in [3.05, 3.63) is 54.5 Å². The Morgan fingerprint density at radius 3 is 2.64 bits per heavy atom. The topological polar surface area (TPSA) is 118 Å². The predicted octanol–water partition coefficient (Wildman–Crippen LogP) is 1.52. The zero-order valence-corrected chi connectivity index (χ0v) is 14.9. The number of carbonyl (C=O) groups excluding carboxylic acids is 4. The molecule has 1 aromatic carbocycles. The lowest BCUT2D eigenvalue weighted by Gasteiger charge is -2.14. The highest BCUT2D eigenvalue weighted by molar-refractivity contribution is 6.02. The second-order valence-electron chi connectivity index (χ2n) is 6.23. The van der Waals surface area contributed by atoms with E-state index < -0.39 is 30.4 Å². The number of likely N-dealkylation sites (tertiary alicyclic amines) is 1. The van der Waals surface area contributed by atoms with Gasteiger partial charge >= 0.3 is 12.0 Å². The standard InChI is InChI=1S/C19H19N3O6/c23-16(21-19(26)20-14-5-2-1-3-6-14)12-28-18(25)13-9-17(24)22(10-13)11-15-7-4-8-27-15/h1-8,13H,9-12H2,(H2,20,21,23,26)/t13-/m1/s1. The molecule has 9 heteroatoms. The molecule has 2 aromatic rings. The number of rotatable bonds is 6. The van der Waals surface area contributed by atoms with E-state index in [0.717, 1.165) is 0 Å². The molecule has 146 valence electrons. The van der Waals surface area contributed by atoms with Gasteiger partial charge in [0.2, 0.25) is 5.91 Å². The van der Waals surface area contributed by atoms with Gasteiger partial charge in [0.1, 0.15) is 5.76 Å². The Labute approximate surface area is 160 Å². The van der Waals surface area contributed by atoms with E-state index in [1.165, 1.54) is 11.2 Å². The molecule has 1 aliphatic heterocycles. The molecule has 1 saturated heterocycles. The van der Waals surface area contributed by atoms with Gasteiger partial charge in [-0.05, 0) is 24.3 Å². The number of urea groups is 1. The van der Waals surface area contributed by atoms with Crippen LogP contribution in [-0.4, -0.2) is 41.9 Å². The number of hydrogen-bond donors (Lipinski definition) is 2. The molecule has 0 unspecified atom stereocenters. The number of carbonyl (C=O) groups is 4. The Bertz CT molecular complexity index is 850. The van der Waals surface area contributed by atoms with Gasteiger partial charge in [-0.2, -0.15) is 0 Å². The van der Waals surface area contributed by atoms with Crippen LogP contribution in [-0.2, 0) is 25.7 Å². The van der Waals surface area contributed by atoms with Gasteiger partial charge in [-0.15, -0.1) is 0 Å². The Morgan fingerprint density at radius 1 is 1.14 bits per heavy atom. The number of nitrogens with zero attached hydrogens (tertiary/aromatic N) is 1. The maximum Gasteiger partial charge on any atom is 0.325 e. The van der Waals surface area contributed by atoms with Crippen LogP contribution in [0.15, 0.2) is 53.1 Å². The lowest BCUT2D eigenvalue weighted by atomic mass is 10.1. The summed E-state index contributed by atoms with van der Waals surface area (Å²) in [5.74, 6) is -1.66. The Morgan fingerprint density at radius 2 is 1.93 bits per heavy atom. The van der Waals surface area contributed by atoms with Gasteiger partial charge < -0.3 is 19.4 Å². The summed E-state index contributed by atoms with van der Waals surface area (Å²) in [6.07, 6.45) is 1.52. The molecule has 0 aliphatic carbocycles. The predicted molar refractivity (Wildman–Crippen MR) is 96.8 cm³/mol. The van der Waals surface area contributed by atoms with Gasteiger partial charge in [0.05, 0.1) is 18.7 Å². The lowest BCUT2D eigenvalue weighted by molar-refractivity contribution is -0.152. The molecule has 0 spiro atoms. The molecule has 2 heterocycles. The van der Waals surface area contributed by atoms with Crippen molar-refractivity contribution in [2.45, 2.75) is 13.0 Å². The number of esters is 1. The van der Waals surface area contributed by atoms with Crippen molar-refractivity contribution in [2.24, 2.45) is 5.92 Å². The lowest BCUT2D eigenvalue weighted by Crippen LogP contribution is -2.37. The van der Waals surface area contributed by atoms with E-state index in [-0.39, 0.29) is 25.4 Å². The highest BCUT2D eigenvalue weighted by atomic mass is 16.5. The molecule has 2 N–H and O–H groups in total. The number of furan rings is 1. The summed E-state index contributed by atoms with van der Waals surface area (Å²) >= 11 is 0. The molecule has 9 nitrogen and oxygen atoms in total. The normalized spacial score (nSPS) is 15.9. The summed E-state index contributed by atoms with van der Waals surface area (Å²) in [5, 5.41) is 4.54. The summed E-state index contributed by atoms with van der Waals surface area (Å²) in [6, 6.07) is 11.3. The highest BCUT2D eigenvalue weighted by Gasteiger charge is 2.35. The third-order valence-corrected chi connectivity index (χ3v) is 4.10. The van der Waals surface area contributed by atoms with E-state index in [1.807, 2.05) is 0 Å². The quantitative estimate of drug-likeness (QED) is 0.728. The Kier molecular flexibility index (Phi) is 6.05. The maximum absolute atomic E-state index is 12.1. The fourth-order valence-electron chi connectivity index (χ4n) is 2.77. The molecule has 0 bridgehead atoms. The molecule has 1 aromatic heterocycles. The van der Waals surface area contributed by atoms with Crippen LogP contribution in [0.2, 0.25) is 0 Å². The van der Waals surface area contributed by atoms with Crippen LogP contribution in [0, 0.1) is 5.92 Å². The summed E-state index contributed by atoms with van der Waals surface area (Å²) in [4.78, 5) is 49.1. The van der Waals surface area contributed by atoms with Gasteiger partial charge in [0.15, 0.2) is 6.61 Å². The molecular weight excluding hydrogens is 366 g/mol. The number of benzene rings is 1. The van der Waals surface area contributed by atoms with Crippen LogP contribution in [0.5, 0.6) is 0 Å². The fourth-order valence-corrected chi connectivity index (χ4v) is 2.77. The van der Waals surface area contributed by atoms with Gasteiger partial charge in [0.25, 0.3) is 5.91 Å². The van der Waals surface area contributed by atoms with Gasteiger partial charge in [0, 0.05) is 18.7 Å². The van der Waals surface area contributed by atoms with E-state index in [2.05, 4.69) is 10.6 Å². The van der Waals surface area contributed by atoms with E-state index in [4.69, 9.17) is 9.15 Å². The van der Waals surface area contributed by atoms with Gasteiger partial charge in [-0.1, -0.05) is 18.2 Å². The van der Waals surface area contributed by atoms with E-state index in [0.29, 0.717) is 11.4 Å². The minimum absolute atomic E-state index is 0.00958. The first-order valence-electron chi connectivity index (χ1n) is 8.64. The van der Waals surface area contributed by atoms with Crippen LogP contribution < -0.4 is 10.6 Å². The first kappa shape index (κ1) is 19.2. The maximum atomic E-state index is 12.1. The van der Waals surface area contributed by atoms with E-state index in [9.17, 15) is 19.2 Å². The summed E-state index contributed by atoms with van der Waals surface area (Å²) in [6.45, 7) is -0.145. The van der Waals surface area contributed by atoms with Crippen LogP contribution in [0.3, 0.4) is 0 Å². The Balaban J connectivity index is 1.40. The molecule has 3 rings (SSSR count). The van der Waals surface area contributed by atoms with Crippen molar-refractivity contribution in [3.63, 3.8) is 0 Å². The van der Waals surface area contributed by atoms with Crippen molar-refractivity contribution < 1.29 is 28.3 Å². The van der Waals surface area contributed by atoms with Crippen LogP contribution >= 0.6 is 0 Å². The molecule has 1 fully saturated rings. The number of hydrogen-bond acceptors (Lipinski definition) is 6. The third kappa shape index (κ3) is 5.19. The zero-order valence-electron chi connectivity index (χ0n) is 14.9. The number of amides is 4. The smallest absolute Gasteiger partial charge is 0.325 e. The molecule has 0 radical (unpaired) electrons. The molecule has 0 saturated carbocycles. The molecule has 1 aliphatic rings. The van der Waals surface area contributed by atoms with Crippen molar-refractivity contribution in [1.82, 2.24) is 10.2 Å². The number of anilines is 1. The average molecular weight is 385 g/mol. The number of nitrogens with one attached hydrogen (secondary N) is 2. The van der Waals surface area contributed by atoms with Crippen molar-refractivity contribution >= 4 is 29.5 Å². The zero-order chi connectivity index (χ0) is 19.9. The summed E-state index contributed by atoms with van der Waals surface area (Å²) < 4.78 is 10.1. The van der Waals surface area contributed by atoms with Crippen LogP contribution in [0.1, 0.15) is 12.2 Å². The van der Waals surface area contributed by atoms with Crippen LogP contribution in [0.25, 0.3) is 0 Å². The first-order chi connectivity index (χ1) is 13.5. The van der Waals surface area contributed by atoms with Crippen molar-refractivity contribution in [3.8, 4) is 0 Å². The van der Waals surface area contributed by atoms with E-state index in [1.54, 1.807) is 42.5 Å². The van der Waals surface area contributed by atoms with Crippen molar-refractivity contribution in [1.29, 1.82) is 0 Å². The molecule has 28 heavy (non-hydrogen) atoms. The minimum Gasteiger partial charge on any atom is -0.467 e. The minimum atomic E-state index is -0.765. The molecule has 1 atom stereocenters. The number of imide groups is 1. The highest BCUT2D eigenvalue weighted by Crippen LogP contribution is 2.21. The van der Waals surface area contributed by atoms with Crippen LogP contribution in [0.4, 0.5) is 10.5 Å². The second-order valence-corrected chi connectivity index (χ2v) is 6.23. The second kappa shape index (κ2) is 8.85.